The normalized spacial score (nSPS) is 19.0. The van der Waals surface area contributed by atoms with Crippen LogP contribution in [0.15, 0.2) is 41.4 Å². The van der Waals surface area contributed by atoms with E-state index >= 15 is 0 Å². The van der Waals surface area contributed by atoms with Crippen LogP contribution in [0.5, 0.6) is 5.75 Å². The number of aromatic nitrogens is 1. The number of carbonyl (C=O) groups is 2. The van der Waals surface area contributed by atoms with E-state index in [4.69, 9.17) is 4.74 Å². The van der Waals surface area contributed by atoms with Crippen LogP contribution < -0.4 is 10.1 Å². The zero-order valence-corrected chi connectivity index (χ0v) is 14.3. The largest absolute Gasteiger partial charge is 0.488 e. The second-order valence-corrected chi connectivity index (χ2v) is 6.87. The number of carbonyl (C=O) groups excluding carboxylic acids is 2. The van der Waals surface area contributed by atoms with Gasteiger partial charge >= 0.3 is 0 Å². The molecule has 128 valence electrons. The average Bonchev–Trinajstić information content (AvgIpc) is 3.32. The summed E-state index contributed by atoms with van der Waals surface area (Å²) in [6.45, 7) is 0.806. The number of likely N-dealkylation sites (tertiary alicyclic amines) is 1. The highest BCUT2D eigenvalue weighted by Gasteiger charge is 2.36. The molecule has 0 spiro atoms. The van der Waals surface area contributed by atoms with Gasteiger partial charge in [-0.1, -0.05) is 18.2 Å². The Bertz CT molecular complexity index is 832. The molecule has 1 atom stereocenters. The minimum Gasteiger partial charge on any atom is -0.488 e. The SMILES string of the molecule is O=C(Nc1nccs1)C1CCCN1C(=O)C1=Cc2ccccc2OC1. The summed E-state index contributed by atoms with van der Waals surface area (Å²) < 4.78 is 5.67. The summed E-state index contributed by atoms with van der Waals surface area (Å²) in [6, 6.07) is 7.14. The molecule has 0 saturated carbocycles. The molecule has 4 rings (SSSR count). The highest BCUT2D eigenvalue weighted by Crippen LogP contribution is 2.28. The van der Waals surface area contributed by atoms with Gasteiger partial charge in [0.2, 0.25) is 5.91 Å². The number of benzene rings is 1. The van der Waals surface area contributed by atoms with Crippen molar-refractivity contribution in [3.05, 3.63) is 47.0 Å². The Morgan fingerprint density at radius 3 is 3.04 bits per heavy atom. The summed E-state index contributed by atoms with van der Waals surface area (Å²) in [5, 5.41) is 5.15. The van der Waals surface area contributed by atoms with Crippen molar-refractivity contribution in [3.63, 3.8) is 0 Å². The number of hydrogen-bond acceptors (Lipinski definition) is 5. The first kappa shape index (κ1) is 15.8. The fourth-order valence-corrected chi connectivity index (χ4v) is 3.71. The smallest absolute Gasteiger partial charge is 0.253 e. The Labute approximate surface area is 149 Å². The van der Waals surface area contributed by atoms with E-state index in [1.165, 1.54) is 11.3 Å². The Kier molecular flexibility index (Phi) is 4.23. The molecule has 7 heteroatoms. The number of ether oxygens (including phenoxy) is 1. The van der Waals surface area contributed by atoms with Crippen molar-refractivity contribution in [2.45, 2.75) is 18.9 Å². The fourth-order valence-electron chi connectivity index (χ4n) is 3.18. The number of para-hydroxylation sites is 1. The van der Waals surface area contributed by atoms with Crippen molar-refractivity contribution < 1.29 is 14.3 Å². The van der Waals surface area contributed by atoms with E-state index in [0.29, 0.717) is 23.7 Å². The molecule has 25 heavy (non-hydrogen) atoms. The van der Waals surface area contributed by atoms with Crippen molar-refractivity contribution in [1.82, 2.24) is 9.88 Å². The predicted molar refractivity (Wildman–Crippen MR) is 95.4 cm³/mol. The second kappa shape index (κ2) is 6.68. The highest BCUT2D eigenvalue weighted by atomic mass is 32.1. The lowest BCUT2D eigenvalue weighted by Gasteiger charge is -2.26. The van der Waals surface area contributed by atoms with Crippen LogP contribution in [-0.2, 0) is 9.59 Å². The molecule has 2 aliphatic heterocycles. The molecule has 1 saturated heterocycles. The van der Waals surface area contributed by atoms with E-state index < -0.39 is 6.04 Å². The maximum Gasteiger partial charge on any atom is 0.253 e. The first-order chi connectivity index (χ1) is 12.2. The van der Waals surface area contributed by atoms with Crippen LogP contribution in [-0.4, -0.2) is 40.9 Å². The summed E-state index contributed by atoms with van der Waals surface area (Å²) in [5.41, 5.74) is 1.47. The number of hydrogen-bond donors (Lipinski definition) is 1. The van der Waals surface area contributed by atoms with Crippen molar-refractivity contribution in [1.29, 1.82) is 0 Å². The first-order valence-electron chi connectivity index (χ1n) is 8.16. The number of anilines is 1. The molecule has 1 aromatic heterocycles. The molecule has 1 N–H and O–H groups in total. The van der Waals surface area contributed by atoms with E-state index in [1.807, 2.05) is 30.3 Å². The number of amides is 2. The Balaban J connectivity index is 1.51. The Morgan fingerprint density at radius 1 is 1.32 bits per heavy atom. The van der Waals surface area contributed by atoms with Crippen LogP contribution in [0.3, 0.4) is 0 Å². The van der Waals surface area contributed by atoms with E-state index in [0.717, 1.165) is 17.7 Å². The number of thiazole rings is 1. The lowest BCUT2D eigenvalue weighted by atomic mass is 10.1. The first-order valence-corrected chi connectivity index (χ1v) is 9.04. The van der Waals surface area contributed by atoms with Crippen LogP contribution in [0, 0.1) is 0 Å². The summed E-state index contributed by atoms with van der Waals surface area (Å²) in [6.07, 6.45) is 4.97. The van der Waals surface area contributed by atoms with Gasteiger partial charge in [-0.3, -0.25) is 9.59 Å². The van der Waals surface area contributed by atoms with Gasteiger partial charge < -0.3 is 15.0 Å². The molecule has 0 bridgehead atoms. The maximum absolute atomic E-state index is 12.9. The molecule has 2 aliphatic rings. The fraction of sp³-hybridized carbons (Fsp3) is 0.278. The van der Waals surface area contributed by atoms with E-state index in [1.54, 1.807) is 16.5 Å². The third-order valence-electron chi connectivity index (χ3n) is 4.39. The molecule has 6 nitrogen and oxygen atoms in total. The molecule has 2 amide bonds. The van der Waals surface area contributed by atoms with E-state index in [2.05, 4.69) is 10.3 Å². The van der Waals surface area contributed by atoms with Gasteiger partial charge in [0.1, 0.15) is 18.4 Å². The van der Waals surface area contributed by atoms with Crippen LogP contribution in [0.25, 0.3) is 6.08 Å². The van der Waals surface area contributed by atoms with Gasteiger partial charge in [0.25, 0.3) is 5.91 Å². The van der Waals surface area contributed by atoms with Gasteiger partial charge in [-0.15, -0.1) is 11.3 Å². The Morgan fingerprint density at radius 2 is 2.20 bits per heavy atom. The highest BCUT2D eigenvalue weighted by molar-refractivity contribution is 7.13. The lowest BCUT2D eigenvalue weighted by Crippen LogP contribution is -2.44. The van der Waals surface area contributed by atoms with Crippen molar-refractivity contribution in [2.75, 3.05) is 18.5 Å². The zero-order chi connectivity index (χ0) is 17.2. The number of fused-ring (bicyclic) bond motifs is 1. The van der Waals surface area contributed by atoms with E-state index in [-0.39, 0.29) is 18.4 Å². The van der Waals surface area contributed by atoms with Crippen LogP contribution in [0.2, 0.25) is 0 Å². The second-order valence-electron chi connectivity index (χ2n) is 5.98. The minimum atomic E-state index is -0.463. The van der Waals surface area contributed by atoms with E-state index in [9.17, 15) is 9.59 Å². The van der Waals surface area contributed by atoms with Gasteiger partial charge in [-0.2, -0.15) is 0 Å². The summed E-state index contributed by atoms with van der Waals surface area (Å²) >= 11 is 1.36. The number of nitrogens with one attached hydrogen (secondary N) is 1. The van der Waals surface area contributed by atoms with Crippen molar-refractivity contribution >= 4 is 34.4 Å². The van der Waals surface area contributed by atoms with Gasteiger partial charge in [0.05, 0.1) is 5.57 Å². The van der Waals surface area contributed by atoms with Crippen molar-refractivity contribution in [2.24, 2.45) is 0 Å². The van der Waals surface area contributed by atoms with Gasteiger partial charge in [0.15, 0.2) is 5.13 Å². The molecule has 1 unspecified atom stereocenters. The monoisotopic (exact) mass is 355 g/mol. The Hall–Kier alpha value is -2.67. The molecule has 2 aromatic rings. The van der Waals surface area contributed by atoms with Gasteiger partial charge in [0, 0.05) is 23.7 Å². The minimum absolute atomic E-state index is 0.133. The quantitative estimate of drug-likeness (QED) is 0.918. The topological polar surface area (TPSA) is 71.5 Å². The number of nitrogens with zero attached hydrogens (tertiary/aromatic N) is 2. The third-order valence-corrected chi connectivity index (χ3v) is 5.07. The maximum atomic E-state index is 12.9. The average molecular weight is 355 g/mol. The number of rotatable bonds is 3. The molecule has 1 fully saturated rings. The van der Waals surface area contributed by atoms with Crippen molar-refractivity contribution in [3.8, 4) is 5.75 Å². The molecule has 3 heterocycles. The van der Waals surface area contributed by atoms with Crippen LogP contribution in [0.4, 0.5) is 5.13 Å². The third kappa shape index (κ3) is 3.15. The predicted octanol–water partition coefficient (Wildman–Crippen LogP) is 2.55. The lowest BCUT2D eigenvalue weighted by molar-refractivity contribution is -0.133. The standard InChI is InChI=1S/C18H17N3O3S/c22-16(20-18-19-7-9-25-18)14-5-3-8-21(14)17(23)13-10-12-4-1-2-6-15(12)24-11-13/h1-2,4,6-7,9-10,14H,3,5,8,11H2,(H,19,20,22). The summed E-state index contributed by atoms with van der Waals surface area (Å²) in [4.78, 5) is 31.1. The molecule has 0 radical (unpaired) electrons. The molecule has 1 aromatic carbocycles. The van der Waals surface area contributed by atoms with Crippen LogP contribution >= 0.6 is 11.3 Å². The summed E-state index contributed by atoms with van der Waals surface area (Å²) in [5.74, 6) is 0.461. The summed E-state index contributed by atoms with van der Waals surface area (Å²) in [7, 11) is 0. The van der Waals surface area contributed by atoms with Crippen LogP contribution in [0.1, 0.15) is 18.4 Å². The molecule has 0 aliphatic carbocycles. The molecular weight excluding hydrogens is 338 g/mol. The molecular formula is C18H17N3O3S. The van der Waals surface area contributed by atoms with Gasteiger partial charge in [-0.25, -0.2) is 4.98 Å². The van der Waals surface area contributed by atoms with Gasteiger partial charge in [-0.05, 0) is 25.0 Å². The zero-order valence-electron chi connectivity index (χ0n) is 13.5.